The van der Waals surface area contributed by atoms with Crippen LogP contribution in [-0.2, 0) is 4.74 Å². The number of halogens is 4. The number of rotatable bonds is 0. The van der Waals surface area contributed by atoms with E-state index in [1.165, 1.54) is 0 Å². The average Bonchev–Trinajstić information content (AvgIpc) is 2.90. The Balaban J connectivity index is 1.83. The van der Waals surface area contributed by atoms with Gasteiger partial charge >= 0.3 is 0 Å². The summed E-state index contributed by atoms with van der Waals surface area (Å²) in [6.45, 7) is 0. The van der Waals surface area contributed by atoms with Gasteiger partial charge in [0.05, 0.1) is 17.2 Å². The summed E-state index contributed by atoms with van der Waals surface area (Å²) in [6, 6.07) is 0. The second-order valence-electron chi connectivity index (χ2n) is 5.76. The van der Waals surface area contributed by atoms with Crippen LogP contribution in [0.5, 0.6) is 0 Å². The number of alkyl halides is 1. The normalized spacial score (nSPS) is 65.2. The van der Waals surface area contributed by atoms with Gasteiger partial charge in [0, 0.05) is 39.7 Å². The molecule has 90 valence electrons. The van der Waals surface area contributed by atoms with Gasteiger partial charge in [0.25, 0.3) is 0 Å². The zero-order chi connectivity index (χ0) is 11.7. The lowest BCUT2D eigenvalue weighted by atomic mass is 9.74. The van der Waals surface area contributed by atoms with Crippen LogP contribution in [0.4, 0.5) is 0 Å². The van der Waals surface area contributed by atoms with Gasteiger partial charge in [-0.25, -0.2) is 0 Å². The first kappa shape index (κ1) is 10.4. The Morgan fingerprint density at radius 3 is 2.53 bits per heavy atom. The highest BCUT2D eigenvalue weighted by Gasteiger charge is 2.79. The van der Waals surface area contributed by atoms with Crippen LogP contribution in [0.2, 0.25) is 0 Å². The molecule has 8 atom stereocenters. The first-order valence-corrected chi connectivity index (χ1v) is 7.35. The molecular weight excluding hydrogens is 302 g/mol. The number of ether oxygens (including phenoxy) is 1. The summed E-state index contributed by atoms with van der Waals surface area (Å²) in [4.78, 5) is -0.673. The molecule has 4 aliphatic carbocycles. The molecule has 0 amide bonds. The Hall–Kier alpha value is 0.600. The van der Waals surface area contributed by atoms with Crippen molar-refractivity contribution in [3.8, 4) is 0 Å². The summed E-state index contributed by atoms with van der Waals surface area (Å²) in [7, 11) is 0. The third-order valence-electron chi connectivity index (χ3n) is 5.36. The topological polar surface area (TPSA) is 12.5 Å². The van der Waals surface area contributed by atoms with E-state index < -0.39 is 4.87 Å². The molecule has 5 aliphatic rings. The summed E-state index contributed by atoms with van der Waals surface area (Å²) in [6.07, 6.45) is 2.61. The fourth-order valence-electron chi connectivity index (χ4n) is 4.92. The Kier molecular flexibility index (Phi) is 1.66. The molecule has 1 nitrogen and oxygen atoms in total. The van der Waals surface area contributed by atoms with E-state index in [2.05, 4.69) is 0 Å². The van der Waals surface area contributed by atoms with Crippen molar-refractivity contribution in [1.29, 1.82) is 0 Å². The highest BCUT2D eigenvalue weighted by atomic mass is 35.5. The molecule has 1 saturated heterocycles. The standard InChI is InChI=1S/C12H8Cl4O/c13-2-1-12(16)7-5(8(14)11(12)15)4-3(2)6(7)10-9(4)17-10/h1,3-7,9-10H/t3?,4-,5+,6+,7+,9-,10+,12+/m1/s1. The van der Waals surface area contributed by atoms with Crippen LogP contribution in [0.15, 0.2) is 21.2 Å². The number of hydrogen-bond acceptors (Lipinski definition) is 1. The van der Waals surface area contributed by atoms with Crippen LogP contribution >= 0.6 is 46.4 Å². The zero-order valence-electron chi connectivity index (χ0n) is 8.54. The van der Waals surface area contributed by atoms with Gasteiger partial charge in [0.2, 0.25) is 0 Å². The first-order chi connectivity index (χ1) is 8.05. The minimum absolute atomic E-state index is 0.257. The molecule has 0 aromatic heterocycles. The van der Waals surface area contributed by atoms with Gasteiger partial charge in [-0.15, -0.1) is 11.6 Å². The summed E-state index contributed by atoms with van der Waals surface area (Å²) in [5.74, 6) is 1.75. The second kappa shape index (κ2) is 2.71. The first-order valence-electron chi connectivity index (χ1n) is 5.84. The van der Waals surface area contributed by atoms with Crippen molar-refractivity contribution in [2.45, 2.75) is 17.1 Å². The van der Waals surface area contributed by atoms with Gasteiger partial charge in [-0.1, -0.05) is 34.8 Å². The van der Waals surface area contributed by atoms with Crippen LogP contribution in [0, 0.1) is 29.6 Å². The van der Waals surface area contributed by atoms with Crippen molar-refractivity contribution >= 4 is 46.4 Å². The van der Waals surface area contributed by atoms with Crippen LogP contribution in [0.1, 0.15) is 0 Å². The van der Waals surface area contributed by atoms with Crippen molar-refractivity contribution in [3.05, 3.63) is 21.2 Å². The minimum atomic E-state index is -0.673. The fraction of sp³-hybridized carbons (Fsp3) is 0.667. The number of fused-ring (bicyclic) bond motifs is 3. The van der Waals surface area contributed by atoms with Crippen molar-refractivity contribution in [2.24, 2.45) is 29.6 Å². The number of epoxide rings is 1. The molecule has 5 rings (SSSR count). The summed E-state index contributed by atoms with van der Waals surface area (Å²) < 4.78 is 5.74. The Morgan fingerprint density at radius 2 is 1.76 bits per heavy atom. The van der Waals surface area contributed by atoms with Gasteiger partial charge in [0.1, 0.15) is 4.87 Å². The van der Waals surface area contributed by atoms with E-state index in [4.69, 9.17) is 51.1 Å². The van der Waals surface area contributed by atoms with E-state index >= 15 is 0 Å². The lowest BCUT2D eigenvalue weighted by molar-refractivity contribution is 0.196. The van der Waals surface area contributed by atoms with Gasteiger partial charge in [0.15, 0.2) is 0 Å². The third-order valence-corrected chi connectivity index (χ3v) is 7.42. The Bertz CT molecular complexity index is 527. The van der Waals surface area contributed by atoms with Crippen LogP contribution < -0.4 is 0 Å². The smallest absolute Gasteiger partial charge is 0.104 e. The second-order valence-corrected chi connectivity index (χ2v) is 7.60. The molecule has 0 spiro atoms. The quantitative estimate of drug-likeness (QED) is 0.491. The van der Waals surface area contributed by atoms with E-state index in [0.717, 1.165) is 10.1 Å². The number of allylic oxidation sites excluding steroid dienone is 4. The van der Waals surface area contributed by atoms with Crippen molar-refractivity contribution in [2.75, 3.05) is 0 Å². The van der Waals surface area contributed by atoms with Crippen LogP contribution in [0.3, 0.4) is 0 Å². The predicted octanol–water partition coefficient (Wildman–Crippen LogP) is 3.68. The van der Waals surface area contributed by atoms with E-state index in [-0.39, 0.29) is 11.8 Å². The summed E-state index contributed by atoms with van der Waals surface area (Å²) in [5.41, 5.74) is 0. The summed E-state index contributed by atoms with van der Waals surface area (Å²) in [5, 5.41) is 2.20. The molecule has 1 unspecified atom stereocenters. The SMILES string of the molecule is ClC1=C[C@@]2(Cl)C(Cl)=C(Cl)[C@H]3[C@H]4C1[C@H]([C@@H]1O[C@@H]14)[C@H]32. The Labute approximate surface area is 119 Å². The van der Waals surface area contributed by atoms with Gasteiger partial charge in [-0.2, -0.15) is 0 Å². The van der Waals surface area contributed by atoms with Crippen molar-refractivity contribution < 1.29 is 4.74 Å². The lowest BCUT2D eigenvalue weighted by Gasteiger charge is -2.36. The van der Waals surface area contributed by atoms with E-state index in [0.29, 0.717) is 35.0 Å². The molecule has 0 N–H and O–H groups in total. The van der Waals surface area contributed by atoms with Gasteiger partial charge < -0.3 is 4.74 Å². The molecule has 5 heteroatoms. The largest absolute Gasteiger partial charge is 0.369 e. The molecule has 2 saturated carbocycles. The van der Waals surface area contributed by atoms with E-state index in [9.17, 15) is 0 Å². The molecule has 0 radical (unpaired) electrons. The minimum Gasteiger partial charge on any atom is -0.369 e. The van der Waals surface area contributed by atoms with Gasteiger partial charge in [-0.3, -0.25) is 0 Å². The predicted molar refractivity (Wildman–Crippen MR) is 67.4 cm³/mol. The monoisotopic (exact) mass is 308 g/mol. The number of hydrogen-bond donors (Lipinski definition) is 0. The average molecular weight is 310 g/mol. The van der Waals surface area contributed by atoms with E-state index in [1.54, 1.807) is 0 Å². The van der Waals surface area contributed by atoms with Crippen LogP contribution in [0.25, 0.3) is 0 Å². The molecule has 17 heavy (non-hydrogen) atoms. The molecule has 4 bridgehead atoms. The Morgan fingerprint density at radius 1 is 1.06 bits per heavy atom. The zero-order valence-corrected chi connectivity index (χ0v) is 11.6. The molecule has 3 fully saturated rings. The fourth-order valence-corrected chi connectivity index (χ4v) is 6.73. The maximum absolute atomic E-state index is 6.72. The highest BCUT2D eigenvalue weighted by molar-refractivity contribution is 6.47. The van der Waals surface area contributed by atoms with Crippen molar-refractivity contribution in [3.63, 3.8) is 0 Å². The maximum Gasteiger partial charge on any atom is 0.104 e. The lowest BCUT2D eigenvalue weighted by Crippen LogP contribution is -2.39. The highest BCUT2D eigenvalue weighted by Crippen LogP contribution is 2.77. The molecular formula is C12H8Cl4O. The molecule has 1 heterocycles. The maximum atomic E-state index is 6.72. The van der Waals surface area contributed by atoms with Crippen molar-refractivity contribution in [1.82, 2.24) is 0 Å². The summed E-state index contributed by atoms with van der Waals surface area (Å²) >= 11 is 25.9. The van der Waals surface area contributed by atoms with Crippen LogP contribution in [-0.4, -0.2) is 17.1 Å². The molecule has 0 aromatic rings. The molecule has 1 aliphatic heterocycles. The van der Waals surface area contributed by atoms with E-state index in [1.807, 2.05) is 6.08 Å². The molecule has 0 aromatic carbocycles. The third kappa shape index (κ3) is 0.875. The van der Waals surface area contributed by atoms with Gasteiger partial charge in [-0.05, 0) is 6.08 Å².